The third-order valence-electron chi connectivity index (χ3n) is 4.56. The van der Waals surface area contributed by atoms with Crippen molar-refractivity contribution in [3.63, 3.8) is 0 Å². The number of nitrogens with one attached hydrogen (secondary N) is 1. The van der Waals surface area contributed by atoms with E-state index in [2.05, 4.69) is 38.1 Å². The van der Waals surface area contributed by atoms with Gasteiger partial charge < -0.3 is 5.32 Å². The largest absolute Gasteiger partial charge is 0.435 e. The molecule has 1 aliphatic carbocycles. The van der Waals surface area contributed by atoms with Crippen molar-refractivity contribution in [3.8, 4) is 0 Å². The zero-order valence-corrected chi connectivity index (χ0v) is 17.0. The molecule has 2 aromatic heterocycles. The van der Waals surface area contributed by atoms with Gasteiger partial charge in [0.05, 0.1) is 9.77 Å². The maximum atomic E-state index is 12.9. The molecular formula is C17H21F3IN5O. The number of hydrogen-bond acceptors (Lipinski definition) is 3. The molecule has 0 unspecified atom stereocenters. The summed E-state index contributed by atoms with van der Waals surface area (Å²) < 4.78 is 42.9. The van der Waals surface area contributed by atoms with Crippen molar-refractivity contribution < 1.29 is 18.0 Å². The van der Waals surface area contributed by atoms with E-state index in [9.17, 15) is 18.0 Å². The lowest BCUT2D eigenvalue weighted by molar-refractivity contribution is -0.141. The van der Waals surface area contributed by atoms with Crippen LogP contribution in [0.15, 0.2) is 12.3 Å². The van der Waals surface area contributed by atoms with Crippen molar-refractivity contribution in [1.82, 2.24) is 24.9 Å². The van der Waals surface area contributed by atoms with E-state index < -0.39 is 11.9 Å². The zero-order valence-electron chi connectivity index (χ0n) is 14.9. The minimum atomic E-state index is -4.43. The van der Waals surface area contributed by atoms with Crippen LogP contribution in [-0.4, -0.2) is 32.0 Å². The Morgan fingerprint density at radius 3 is 2.67 bits per heavy atom. The Kier molecular flexibility index (Phi) is 6.11. The second kappa shape index (κ2) is 8.19. The number of nitrogens with zero attached hydrogens (tertiary/aromatic N) is 4. The van der Waals surface area contributed by atoms with Crippen molar-refractivity contribution in [2.75, 3.05) is 6.54 Å². The first-order chi connectivity index (χ1) is 12.8. The highest BCUT2D eigenvalue weighted by atomic mass is 127. The van der Waals surface area contributed by atoms with Gasteiger partial charge in [-0.05, 0) is 54.8 Å². The van der Waals surface area contributed by atoms with Crippen LogP contribution in [0.4, 0.5) is 13.2 Å². The van der Waals surface area contributed by atoms with Gasteiger partial charge in [0.1, 0.15) is 0 Å². The topological polar surface area (TPSA) is 64.7 Å². The molecule has 27 heavy (non-hydrogen) atoms. The fourth-order valence-electron chi connectivity index (χ4n) is 2.86. The molecule has 0 radical (unpaired) electrons. The maximum Gasteiger partial charge on any atom is 0.435 e. The van der Waals surface area contributed by atoms with E-state index in [1.807, 2.05) is 6.92 Å². The minimum absolute atomic E-state index is 0.0984. The summed E-state index contributed by atoms with van der Waals surface area (Å²) in [5.41, 5.74) is 0.838. The van der Waals surface area contributed by atoms with E-state index in [-0.39, 0.29) is 11.8 Å². The van der Waals surface area contributed by atoms with Gasteiger partial charge in [-0.1, -0.05) is 0 Å². The van der Waals surface area contributed by atoms with Gasteiger partial charge in [-0.2, -0.15) is 23.4 Å². The molecule has 0 spiro atoms. The third kappa shape index (κ3) is 5.23. The van der Waals surface area contributed by atoms with Gasteiger partial charge in [0.2, 0.25) is 5.91 Å². The Labute approximate surface area is 168 Å². The molecule has 1 amide bonds. The van der Waals surface area contributed by atoms with E-state index in [4.69, 9.17) is 0 Å². The van der Waals surface area contributed by atoms with Crippen LogP contribution in [0.2, 0.25) is 0 Å². The lowest BCUT2D eigenvalue weighted by atomic mass is 10.2. The number of halogens is 4. The summed E-state index contributed by atoms with van der Waals surface area (Å²) >= 11 is 2.19. The van der Waals surface area contributed by atoms with Crippen molar-refractivity contribution in [1.29, 1.82) is 0 Å². The van der Waals surface area contributed by atoms with Crippen LogP contribution in [-0.2, 0) is 24.1 Å². The van der Waals surface area contributed by atoms with E-state index in [1.54, 1.807) is 10.9 Å². The molecule has 3 rings (SSSR count). The number of aryl methyl sites for hydroxylation is 2. The molecule has 0 atom stereocenters. The second-order valence-corrected chi connectivity index (χ2v) is 7.87. The average Bonchev–Trinajstić information content (AvgIpc) is 3.27. The van der Waals surface area contributed by atoms with Crippen LogP contribution in [0.5, 0.6) is 0 Å². The van der Waals surface area contributed by atoms with Crippen LogP contribution < -0.4 is 5.32 Å². The number of alkyl halides is 3. The van der Waals surface area contributed by atoms with E-state index in [1.165, 1.54) is 4.68 Å². The first-order valence-corrected chi connectivity index (χ1v) is 9.93. The van der Waals surface area contributed by atoms with Crippen molar-refractivity contribution in [2.45, 2.75) is 57.8 Å². The molecule has 2 heterocycles. The first-order valence-electron chi connectivity index (χ1n) is 8.85. The molecule has 1 fully saturated rings. The van der Waals surface area contributed by atoms with Crippen LogP contribution in [0.25, 0.3) is 0 Å². The van der Waals surface area contributed by atoms with E-state index in [0.717, 1.165) is 28.2 Å². The maximum absolute atomic E-state index is 12.9. The normalized spacial score (nSPS) is 14.6. The SMILES string of the molecule is Cc1c(I)cnn1CCC(=O)NCCCn1nc(C(F)(F)F)cc1C1CC1. The smallest absolute Gasteiger partial charge is 0.356 e. The van der Waals surface area contributed by atoms with Crippen molar-refractivity contribution in [3.05, 3.63) is 32.9 Å². The number of rotatable bonds is 8. The Morgan fingerprint density at radius 2 is 2.07 bits per heavy atom. The zero-order chi connectivity index (χ0) is 19.6. The summed E-state index contributed by atoms with van der Waals surface area (Å²) in [6, 6.07) is 1.16. The summed E-state index contributed by atoms with van der Waals surface area (Å²) in [5, 5.41) is 10.7. The molecule has 1 N–H and O–H groups in total. The Hall–Kier alpha value is -1.59. The summed E-state index contributed by atoms with van der Waals surface area (Å²) in [7, 11) is 0. The Morgan fingerprint density at radius 1 is 1.33 bits per heavy atom. The molecule has 148 valence electrons. The lowest BCUT2D eigenvalue weighted by Crippen LogP contribution is -2.26. The van der Waals surface area contributed by atoms with Gasteiger partial charge in [-0.3, -0.25) is 14.2 Å². The molecule has 10 heteroatoms. The number of carbonyl (C=O) groups is 1. The molecule has 0 saturated heterocycles. The van der Waals surface area contributed by atoms with Crippen LogP contribution in [0, 0.1) is 10.5 Å². The Balaban J connectivity index is 1.44. The van der Waals surface area contributed by atoms with E-state index >= 15 is 0 Å². The van der Waals surface area contributed by atoms with Crippen molar-refractivity contribution in [2.24, 2.45) is 0 Å². The molecular weight excluding hydrogens is 474 g/mol. The Bertz CT molecular complexity index is 810. The average molecular weight is 495 g/mol. The number of carbonyl (C=O) groups excluding carboxylic acids is 1. The van der Waals surface area contributed by atoms with Crippen LogP contribution in [0.3, 0.4) is 0 Å². The van der Waals surface area contributed by atoms with Gasteiger partial charge >= 0.3 is 6.18 Å². The van der Waals surface area contributed by atoms with E-state index in [0.29, 0.717) is 38.2 Å². The van der Waals surface area contributed by atoms with Crippen LogP contribution >= 0.6 is 22.6 Å². The first kappa shape index (κ1) is 20.2. The minimum Gasteiger partial charge on any atom is -0.356 e. The number of amides is 1. The van der Waals surface area contributed by atoms with Gasteiger partial charge in [-0.15, -0.1) is 0 Å². The quantitative estimate of drug-likeness (QED) is 0.451. The molecule has 0 aliphatic heterocycles. The number of aromatic nitrogens is 4. The fraction of sp³-hybridized carbons (Fsp3) is 0.588. The summed E-state index contributed by atoms with van der Waals surface area (Å²) in [6.07, 6.45) is -0.0117. The second-order valence-electron chi connectivity index (χ2n) is 6.70. The molecule has 0 bridgehead atoms. The highest BCUT2D eigenvalue weighted by Gasteiger charge is 2.37. The molecule has 0 aromatic carbocycles. The predicted molar refractivity (Wildman–Crippen MR) is 101 cm³/mol. The standard InChI is InChI=1S/C17H21F3IN5O/c1-11-13(21)10-23-25(11)8-5-16(27)22-6-2-7-26-14(12-3-4-12)9-15(24-26)17(18,19)20/h9-10,12H,2-8H2,1H3,(H,22,27). The van der Waals surface area contributed by atoms with Gasteiger partial charge in [0.15, 0.2) is 5.69 Å². The predicted octanol–water partition coefficient (Wildman–Crippen LogP) is 3.49. The molecule has 1 saturated carbocycles. The molecule has 6 nitrogen and oxygen atoms in total. The van der Waals surface area contributed by atoms with Crippen LogP contribution in [0.1, 0.15) is 48.7 Å². The summed E-state index contributed by atoms with van der Waals surface area (Å²) in [5.74, 6) is 0.0852. The highest BCUT2D eigenvalue weighted by molar-refractivity contribution is 14.1. The van der Waals surface area contributed by atoms with Gasteiger partial charge in [0.25, 0.3) is 0 Å². The van der Waals surface area contributed by atoms with Crippen molar-refractivity contribution >= 4 is 28.5 Å². The lowest BCUT2D eigenvalue weighted by Gasteiger charge is -2.09. The van der Waals surface area contributed by atoms with Gasteiger partial charge in [-0.25, -0.2) is 0 Å². The monoisotopic (exact) mass is 495 g/mol. The fourth-order valence-corrected chi connectivity index (χ4v) is 3.26. The number of hydrogen-bond donors (Lipinski definition) is 1. The summed E-state index contributed by atoms with van der Waals surface area (Å²) in [6.45, 7) is 3.21. The molecule has 2 aromatic rings. The summed E-state index contributed by atoms with van der Waals surface area (Å²) in [4.78, 5) is 11.9. The highest BCUT2D eigenvalue weighted by Crippen LogP contribution is 2.42. The third-order valence-corrected chi connectivity index (χ3v) is 5.62. The van der Waals surface area contributed by atoms with Gasteiger partial charge in [0, 0.05) is 43.4 Å². The molecule has 1 aliphatic rings.